The van der Waals surface area contributed by atoms with Crippen molar-refractivity contribution in [3.05, 3.63) is 30.1 Å². The molecule has 0 spiro atoms. The lowest BCUT2D eigenvalue weighted by molar-refractivity contribution is -0.128. The second-order valence-corrected chi connectivity index (χ2v) is 5.85. The topological polar surface area (TPSA) is 61.8 Å². The largest absolute Gasteiger partial charge is 0.324 e. The van der Waals surface area contributed by atoms with Gasteiger partial charge in [0, 0.05) is 19.5 Å². The van der Waals surface area contributed by atoms with Gasteiger partial charge >= 0.3 is 0 Å². The summed E-state index contributed by atoms with van der Waals surface area (Å²) >= 11 is 1.29. The molecular weight excluding hydrogens is 305 g/mol. The minimum atomic E-state index is -0.503. The molecule has 1 heterocycles. The molecule has 0 aromatic heterocycles. The van der Waals surface area contributed by atoms with E-state index >= 15 is 0 Å². The number of amides is 2. The zero-order valence-corrected chi connectivity index (χ0v) is 13.3. The van der Waals surface area contributed by atoms with E-state index in [4.69, 9.17) is 0 Å². The molecule has 22 heavy (non-hydrogen) atoms. The minimum Gasteiger partial charge on any atom is -0.324 e. The Morgan fingerprint density at radius 2 is 2.14 bits per heavy atom. The number of hydrogen-bond acceptors (Lipinski definition) is 4. The Labute approximate surface area is 133 Å². The van der Waals surface area contributed by atoms with Crippen LogP contribution in [0.1, 0.15) is 20.3 Å². The maximum Gasteiger partial charge on any atom is 0.242 e. The molecule has 1 saturated heterocycles. The van der Waals surface area contributed by atoms with Crippen molar-refractivity contribution in [1.29, 1.82) is 0 Å². The Bertz CT molecular complexity index is 606. The summed E-state index contributed by atoms with van der Waals surface area (Å²) < 4.78 is 13.5. The number of rotatable bonds is 5. The normalized spacial score (nSPS) is 19.8. The summed E-state index contributed by atoms with van der Waals surface area (Å²) in [5, 5.41) is 2.65. The number of para-hydroxylation sites is 1. The molecule has 118 valence electrons. The van der Waals surface area contributed by atoms with Crippen LogP contribution >= 0.6 is 11.8 Å². The number of hydrogen-bond donors (Lipinski definition) is 1. The number of amidine groups is 1. The van der Waals surface area contributed by atoms with Crippen molar-refractivity contribution >= 4 is 34.4 Å². The van der Waals surface area contributed by atoms with Gasteiger partial charge in [0.05, 0.1) is 5.69 Å². The van der Waals surface area contributed by atoms with E-state index in [1.807, 2.05) is 13.8 Å². The number of carbonyl (C=O) groups is 2. The summed E-state index contributed by atoms with van der Waals surface area (Å²) in [5.74, 6) is -1.00. The van der Waals surface area contributed by atoms with Gasteiger partial charge in [0.15, 0.2) is 5.17 Å². The van der Waals surface area contributed by atoms with E-state index in [9.17, 15) is 14.0 Å². The fourth-order valence-corrected chi connectivity index (χ4v) is 3.39. The number of thioether (sulfide) groups is 1. The van der Waals surface area contributed by atoms with Crippen LogP contribution in [0.15, 0.2) is 29.3 Å². The molecule has 2 amide bonds. The molecule has 0 aliphatic carbocycles. The number of nitrogens with zero attached hydrogens (tertiary/aromatic N) is 2. The Morgan fingerprint density at radius 3 is 2.77 bits per heavy atom. The first-order valence-corrected chi connectivity index (χ1v) is 8.01. The molecule has 5 nitrogen and oxygen atoms in total. The van der Waals surface area contributed by atoms with Gasteiger partial charge in [0.25, 0.3) is 0 Å². The van der Waals surface area contributed by atoms with Crippen LogP contribution < -0.4 is 5.32 Å². The van der Waals surface area contributed by atoms with Crippen LogP contribution in [0.5, 0.6) is 0 Å². The zero-order chi connectivity index (χ0) is 16.1. The van der Waals surface area contributed by atoms with Gasteiger partial charge in [-0.25, -0.2) is 4.39 Å². The third-order valence-electron chi connectivity index (χ3n) is 3.15. The fraction of sp³-hybridized carbons (Fsp3) is 0.400. The first-order chi connectivity index (χ1) is 10.6. The van der Waals surface area contributed by atoms with E-state index in [2.05, 4.69) is 10.3 Å². The Morgan fingerprint density at radius 1 is 1.41 bits per heavy atom. The van der Waals surface area contributed by atoms with Crippen molar-refractivity contribution < 1.29 is 14.0 Å². The number of halogens is 1. The lowest BCUT2D eigenvalue weighted by Gasteiger charge is -2.13. The van der Waals surface area contributed by atoms with Crippen molar-refractivity contribution in [3.63, 3.8) is 0 Å². The summed E-state index contributed by atoms with van der Waals surface area (Å²) in [7, 11) is 0. The molecule has 2 rings (SSSR count). The molecule has 1 aromatic carbocycles. The van der Waals surface area contributed by atoms with E-state index in [0.29, 0.717) is 18.3 Å². The Kier molecular flexibility index (Phi) is 5.54. The van der Waals surface area contributed by atoms with E-state index in [-0.39, 0.29) is 23.9 Å². The SMILES string of the molecule is CCN=C1S[C@@H](CC(=O)Nc2ccccc2F)C(=O)N1CC. The number of aliphatic imine (C=N–C) groups is 1. The average Bonchev–Trinajstić information content (AvgIpc) is 2.77. The average molecular weight is 323 g/mol. The maximum atomic E-state index is 13.5. The van der Waals surface area contributed by atoms with Crippen molar-refractivity contribution in [2.45, 2.75) is 25.5 Å². The minimum absolute atomic E-state index is 0.00291. The lowest BCUT2D eigenvalue weighted by Crippen LogP contribution is -2.33. The third-order valence-corrected chi connectivity index (χ3v) is 4.36. The Hall–Kier alpha value is -1.89. The van der Waals surface area contributed by atoms with Gasteiger partial charge in [0.2, 0.25) is 11.8 Å². The highest BCUT2D eigenvalue weighted by molar-refractivity contribution is 8.15. The second kappa shape index (κ2) is 7.40. The van der Waals surface area contributed by atoms with Gasteiger partial charge < -0.3 is 5.32 Å². The van der Waals surface area contributed by atoms with Gasteiger partial charge in [-0.1, -0.05) is 23.9 Å². The van der Waals surface area contributed by atoms with Gasteiger partial charge in [-0.15, -0.1) is 0 Å². The monoisotopic (exact) mass is 323 g/mol. The van der Waals surface area contributed by atoms with Gasteiger partial charge in [-0.3, -0.25) is 19.5 Å². The van der Waals surface area contributed by atoms with E-state index in [1.165, 1.54) is 23.9 Å². The van der Waals surface area contributed by atoms with Crippen molar-refractivity contribution in [2.24, 2.45) is 4.99 Å². The maximum absolute atomic E-state index is 13.5. The zero-order valence-electron chi connectivity index (χ0n) is 12.5. The highest BCUT2D eigenvalue weighted by Gasteiger charge is 2.38. The summed E-state index contributed by atoms with van der Waals surface area (Å²) in [6, 6.07) is 5.95. The predicted octanol–water partition coefficient (Wildman–Crippen LogP) is 2.49. The Balaban J connectivity index is 2.02. The molecule has 1 atom stereocenters. The van der Waals surface area contributed by atoms with Crippen LogP contribution in [0, 0.1) is 5.82 Å². The molecular formula is C15H18FN3O2S. The van der Waals surface area contributed by atoms with Crippen molar-refractivity contribution in [2.75, 3.05) is 18.4 Å². The van der Waals surface area contributed by atoms with Crippen LogP contribution in [-0.4, -0.2) is 40.2 Å². The van der Waals surface area contributed by atoms with Crippen LogP contribution in [0.3, 0.4) is 0 Å². The predicted molar refractivity (Wildman–Crippen MR) is 86.4 cm³/mol. The van der Waals surface area contributed by atoms with E-state index in [1.54, 1.807) is 17.0 Å². The van der Waals surface area contributed by atoms with Crippen LogP contribution in [0.2, 0.25) is 0 Å². The first kappa shape index (κ1) is 16.5. The molecule has 1 aromatic rings. The van der Waals surface area contributed by atoms with Crippen LogP contribution in [-0.2, 0) is 9.59 Å². The third kappa shape index (κ3) is 3.65. The number of nitrogens with one attached hydrogen (secondary N) is 1. The molecule has 0 unspecified atom stereocenters. The fourth-order valence-electron chi connectivity index (χ4n) is 2.12. The van der Waals surface area contributed by atoms with Gasteiger partial charge in [0.1, 0.15) is 11.1 Å². The van der Waals surface area contributed by atoms with Crippen molar-refractivity contribution in [1.82, 2.24) is 4.90 Å². The molecule has 0 saturated carbocycles. The lowest BCUT2D eigenvalue weighted by atomic mass is 10.2. The molecule has 1 fully saturated rings. The first-order valence-electron chi connectivity index (χ1n) is 7.13. The van der Waals surface area contributed by atoms with Gasteiger partial charge in [-0.2, -0.15) is 0 Å². The molecule has 1 N–H and O–H groups in total. The second-order valence-electron chi connectivity index (χ2n) is 4.68. The summed E-state index contributed by atoms with van der Waals surface area (Å²) in [6.45, 7) is 4.87. The van der Waals surface area contributed by atoms with E-state index in [0.717, 1.165) is 0 Å². The highest BCUT2D eigenvalue weighted by atomic mass is 32.2. The molecule has 0 radical (unpaired) electrons. The quantitative estimate of drug-likeness (QED) is 0.905. The summed E-state index contributed by atoms with van der Waals surface area (Å²) in [5.41, 5.74) is 0.123. The number of anilines is 1. The van der Waals surface area contributed by atoms with Crippen molar-refractivity contribution in [3.8, 4) is 0 Å². The van der Waals surface area contributed by atoms with Crippen LogP contribution in [0.4, 0.5) is 10.1 Å². The summed E-state index contributed by atoms with van der Waals surface area (Å²) in [6.07, 6.45) is -0.00291. The van der Waals surface area contributed by atoms with Gasteiger partial charge in [-0.05, 0) is 26.0 Å². The number of carbonyl (C=O) groups excluding carboxylic acids is 2. The van der Waals surface area contributed by atoms with Crippen LogP contribution in [0.25, 0.3) is 0 Å². The smallest absolute Gasteiger partial charge is 0.242 e. The highest BCUT2D eigenvalue weighted by Crippen LogP contribution is 2.29. The van der Waals surface area contributed by atoms with E-state index < -0.39 is 11.1 Å². The summed E-state index contributed by atoms with van der Waals surface area (Å²) in [4.78, 5) is 30.1. The number of benzene rings is 1. The molecule has 7 heteroatoms. The molecule has 0 bridgehead atoms. The molecule has 1 aliphatic heterocycles. The molecule has 1 aliphatic rings. The standard InChI is InChI=1S/C15H18FN3O2S/c1-3-17-15-19(4-2)14(21)12(22-15)9-13(20)18-11-8-6-5-7-10(11)16/h5-8,12H,3-4,9H2,1-2H3,(H,18,20)/t12-/m0/s1.